The monoisotopic (exact) mass is 264 g/mol. The van der Waals surface area contributed by atoms with Gasteiger partial charge in [-0.25, -0.2) is 0 Å². The van der Waals surface area contributed by atoms with Crippen molar-refractivity contribution in [2.24, 2.45) is 5.92 Å². The fourth-order valence-corrected chi connectivity index (χ4v) is 2.87. The summed E-state index contributed by atoms with van der Waals surface area (Å²) in [5.41, 5.74) is 1.16. The zero-order valence-corrected chi connectivity index (χ0v) is 11.2. The van der Waals surface area contributed by atoms with Gasteiger partial charge in [0.25, 0.3) is 0 Å². The molecule has 0 aromatic heterocycles. The third-order valence-electron chi connectivity index (χ3n) is 3.97. The lowest BCUT2D eigenvalue weighted by Crippen LogP contribution is -2.52. The van der Waals surface area contributed by atoms with E-state index in [9.17, 15) is 5.11 Å². The molecule has 0 bridgehead atoms. The van der Waals surface area contributed by atoms with Crippen molar-refractivity contribution >= 4 is 0 Å². The molecule has 0 spiro atoms. The third-order valence-corrected chi connectivity index (χ3v) is 3.97. The average molecular weight is 264 g/mol. The van der Waals surface area contributed by atoms with Crippen LogP contribution >= 0.6 is 0 Å². The van der Waals surface area contributed by atoms with E-state index in [0.29, 0.717) is 6.42 Å². The number of fused-ring (bicyclic) bond motifs is 1. The van der Waals surface area contributed by atoms with E-state index in [1.165, 1.54) is 0 Å². The van der Waals surface area contributed by atoms with Gasteiger partial charge in [0.15, 0.2) is 12.6 Å². The number of rotatable bonds is 2. The molecule has 0 radical (unpaired) electrons. The van der Waals surface area contributed by atoms with Crippen LogP contribution in [0.1, 0.15) is 19.4 Å². The van der Waals surface area contributed by atoms with E-state index in [0.717, 1.165) is 5.56 Å². The molecule has 19 heavy (non-hydrogen) atoms. The molecule has 1 N–H and O–H groups in total. The Morgan fingerprint density at radius 3 is 2.53 bits per heavy atom. The summed E-state index contributed by atoms with van der Waals surface area (Å²) in [5.74, 6) is 0.0115. The van der Waals surface area contributed by atoms with E-state index >= 15 is 0 Å². The standard InChI is InChI=1S/C15H20O4/c1-9-13(16)12(8-11-6-4-3-5-7-11)19-15-14(9)17-10(2)18-15/h3-7,9-10,12-16H,8H2,1-2H3/t9?,10?,12?,13-,14-,15-/m0/s1. The van der Waals surface area contributed by atoms with Crippen LogP contribution in [0.3, 0.4) is 0 Å². The van der Waals surface area contributed by atoms with E-state index in [1.807, 2.05) is 44.2 Å². The smallest absolute Gasteiger partial charge is 0.187 e. The van der Waals surface area contributed by atoms with Crippen LogP contribution in [-0.2, 0) is 20.6 Å². The molecule has 2 heterocycles. The van der Waals surface area contributed by atoms with Crippen molar-refractivity contribution in [2.45, 2.75) is 51.2 Å². The Labute approximate surface area is 113 Å². The molecule has 2 aliphatic rings. The van der Waals surface area contributed by atoms with Crippen molar-refractivity contribution in [1.29, 1.82) is 0 Å². The topological polar surface area (TPSA) is 47.9 Å². The normalized spacial score (nSPS) is 42.1. The lowest BCUT2D eigenvalue weighted by atomic mass is 9.88. The highest BCUT2D eigenvalue weighted by molar-refractivity contribution is 5.16. The van der Waals surface area contributed by atoms with Gasteiger partial charge in [0, 0.05) is 12.3 Å². The van der Waals surface area contributed by atoms with Crippen LogP contribution in [-0.4, -0.2) is 36.0 Å². The van der Waals surface area contributed by atoms with Crippen LogP contribution < -0.4 is 0 Å². The zero-order valence-electron chi connectivity index (χ0n) is 11.2. The molecule has 3 rings (SSSR count). The molecule has 2 aliphatic heterocycles. The SMILES string of the molecule is CC1O[C@H]2OC(Cc3ccccc3)[C@@H](O)C(C)[C@@H]2O1. The maximum atomic E-state index is 10.4. The predicted molar refractivity (Wildman–Crippen MR) is 69.4 cm³/mol. The minimum absolute atomic E-state index is 0.0115. The molecule has 1 aromatic carbocycles. The Bertz CT molecular complexity index is 419. The first kappa shape index (κ1) is 13.1. The Morgan fingerprint density at radius 2 is 1.79 bits per heavy atom. The van der Waals surface area contributed by atoms with Gasteiger partial charge in [-0.15, -0.1) is 0 Å². The molecule has 4 nitrogen and oxygen atoms in total. The molecule has 3 unspecified atom stereocenters. The second-order valence-electron chi connectivity index (χ2n) is 5.39. The van der Waals surface area contributed by atoms with Crippen LogP contribution in [0.2, 0.25) is 0 Å². The van der Waals surface area contributed by atoms with E-state index in [-0.39, 0.29) is 30.7 Å². The van der Waals surface area contributed by atoms with Crippen LogP contribution in [0.15, 0.2) is 30.3 Å². The van der Waals surface area contributed by atoms with Crippen LogP contribution in [0.4, 0.5) is 0 Å². The van der Waals surface area contributed by atoms with Crippen LogP contribution in [0.5, 0.6) is 0 Å². The lowest BCUT2D eigenvalue weighted by Gasteiger charge is -2.39. The molecule has 0 saturated carbocycles. The molecule has 2 fully saturated rings. The molecule has 6 atom stereocenters. The minimum atomic E-state index is -0.532. The molecule has 0 amide bonds. The Hall–Kier alpha value is -0.940. The summed E-state index contributed by atoms with van der Waals surface area (Å²) >= 11 is 0. The van der Waals surface area contributed by atoms with Crippen molar-refractivity contribution in [3.63, 3.8) is 0 Å². The highest BCUT2D eigenvalue weighted by Gasteiger charge is 2.48. The van der Waals surface area contributed by atoms with Gasteiger partial charge in [-0.05, 0) is 12.5 Å². The Morgan fingerprint density at radius 1 is 1.05 bits per heavy atom. The molecule has 4 heteroatoms. The summed E-state index contributed by atoms with van der Waals surface area (Å²) in [5, 5.41) is 10.4. The maximum absolute atomic E-state index is 10.4. The lowest BCUT2D eigenvalue weighted by molar-refractivity contribution is -0.229. The zero-order chi connectivity index (χ0) is 13.4. The van der Waals surface area contributed by atoms with Crippen molar-refractivity contribution in [2.75, 3.05) is 0 Å². The molecule has 2 saturated heterocycles. The van der Waals surface area contributed by atoms with Crippen molar-refractivity contribution in [1.82, 2.24) is 0 Å². The van der Waals surface area contributed by atoms with Gasteiger partial charge in [-0.3, -0.25) is 0 Å². The summed E-state index contributed by atoms with van der Waals surface area (Å²) in [6, 6.07) is 10.1. The van der Waals surface area contributed by atoms with Crippen LogP contribution in [0, 0.1) is 5.92 Å². The largest absolute Gasteiger partial charge is 0.390 e. The number of aliphatic hydroxyl groups excluding tert-OH is 1. The van der Waals surface area contributed by atoms with Gasteiger partial charge >= 0.3 is 0 Å². The number of hydrogen-bond acceptors (Lipinski definition) is 4. The second kappa shape index (κ2) is 5.21. The third kappa shape index (κ3) is 2.54. The second-order valence-corrected chi connectivity index (χ2v) is 5.39. The van der Waals surface area contributed by atoms with E-state index in [4.69, 9.17) is 14.2 Å². The fourth-order valence-electron chi connectivity index (χ4n) is 2.87. The van der Waals surface area contributed by atoms with E-state index in [2.05, 4.69) is 0 Å². The number of hydrogen-bond donors (Lipinski definition) is 1. The van der Waals surface area contributed by atoms with Gasteiger partial charge in [-0.1, -0.05) is 37.3 Å². The van der Waals surface area contributed by atoms with Crippen molar-refractivity contribution in [3.05, 3.63) is 35.9 Å². The van der Waals surface area contributed by atoms with E-state index < -0.39 is 6.10 Å². The summed E-state index contributed by atoms with van der Waals surface area (Å²) in [4.78, 5) is 0. The predicted octanol–water partition coefficient (Wildman–Crippen LogP) is 1.71. The van der Waals surface area contributed by atoms with Gasteiger partial charge in [0.1, 0.15) is 6.10 Å². The molecule has 1 aromatic rings. The first-order valence-electron chi connectivity index (χ1n) is 6.83. The highest BCUT2D eigenvalue weighted by atomic mass is 16.8. The summed E-state index contributed by atoms with van der Waals surface area (Å²) < 4.78 is 17.1. The summed E-state index contributed by atoms with van der Waals surface area (Å²) in [6.07, 6.45) is -0.880. The van der Waals surface area contributed by atoms with Gasteiger partial charge < -0.3 is 19.3 Å². The van der Waals surface area contributed by atoms with Crippen molar-refractivity contribution in [3.8, 4) is 0 Å². The fraction of sp³-hybridized carbons (Fsp3) is 0.600. The van der Waals surface area contributed by atoms with Gasteiger partial charge in [0.05, 0.1) is 12.2 Å². The molecule has 104 valence electrons. The Kier molecular flexibility index (Phi) is 3.58. The highest BCUT2D eigenvalue weighted by Crippen LogP contribution is 2.35. The number of benzene rings is 1. The number of ether oxygens (including phenoxy) is 3. The minimum Gasteiger partial charge on any atom is -0.390 e. The quantitative estimate of drug-likeness (QED) is 0.883. The van der Waals surface area contributed by atoms with Gasteiger partial charge in [-0.2, -0.15) is 0 Å². The van der Waals surface area contributed by atoms with E-state index in [1.54, 1.807) is 0 Å². The van der Waals surface area contributed by atoms with Gasteiger partial charge in [0.2, 0.25) is 0 Å². The first-order valence-corrected chi connectivity index (χ1v) is 6.83. The average Bonchev–Trinajstić information content (AvgIpc) is 2.78. The summed E-state index contributed by atoms with van der Waals surface area (Å²) in [7, 11) is 0. The number of aliphatic hydroxyl groups is 1. The first-order chi connectivity index (χ1) is 9.15. The van der Waals surface area contributed by atoms with Crippen LogP contribution in [0.25, 0.3) is 0 Å². The molecule has 0 aliphatic carbocycles. The molecular formula is C15H20O4. The van der Waals surface area contributed by atoms with Crippen molar-refractivity contribution < 1.29 is 19.3 Å². The molecular weight excluding hydrogens is 244 g/mol. The summed E-state index contributed by atoms with van der Waals surface area (Å²) in [6.45, 7) is 3.84. The maximum Gasteiger partial charge on any atom is 0.187 e. The Balaban J connectivity index is 1.72.